The molecular formula is C18H24FN7O9P2. The quantitative estimate of drug-likeness (QED) is 0.187. The van der Waals surface area contributed by atoms with Crippen molar-refractivity contribution in [3.63, 3.8) is 0 Å². The number of aliphatic hydroxyl groups is 1. The SMILES string of the molecule is N=CN[C@@H]1O[C@@H]2CO[PH](=O)O[C@H]3[C@@H](O)[C@H](n4cnc5c(N)ncnc54)[C@H]4CC43COP(=O)(O)O[C@@H]1[C@@H]2F. The fraction of sp³-hybridized carbons (Fsp3) is 0.667. The minimum atomic E-state index is -4.86. The second-order valence-electron chi connectivity index (χ2n) is 9.37. The smallest absolute Gasteiger partial charge is 0.388 e. The van der Waals surface area contributed by atoms with Gasteiger partial charge in [-0.15, -0.1) is 0 Å². The van der Waals surface area contributed by atoms with Crippen LogP contribution in [0.15, 0.2) is 12.7 Å². The van der Waals surface area contributed by atoms with Crippen molar-refractivity contribution < 1.29 is 46.4 Å². The lowest BCUT2D eigenvalue weighted by Gasteiger charge is -2.28. The topological polar surface area (TPSA) is 226 Å². The fourth-order valence-electron chi connectivity index (χ4n) is 5.63. The highest BCUT2D eigenvalue weighted by molar-refractivity contribution is 7.47. The van der Waals surface area contributed by atoms with Gasteiger partial charge in [-0.2, -0.15) is 0 Å². The lowest BCUT2D eigenvalue weighted by atomic mass is 10.0. The van der Waals surface area contributed by atoms with Crippen molar-refractivity contribution >= 4 is 39.4 Å². The Bertz CT molecular complexity index is 1300. The van der Waals surface area contributed by atoms with E-state index in [1.165, 1.54) is 12.7 Å². The van der Waals surface area contributed by atoms with Gasteiger partial charge in [-0.1, -0.05) is 0 Å². The number of hydrogen-bond donors (Lipinski definition) is 5. The number of alkyl halides is 1. The summed E-state index contributed by atoms with van der Waals surface area (Å²) in [6, 6.07) is -0.675. The molecule has 6 rings (SSSR count). The number of phosphoric acid groups is 1. The van der Waals surface area contributed by atoms with Crippen LogP contribution in [0.2, 0.25) is 0 Å². The van der Waals surface area contributed by atoms with E-state index in [-0.39, 0.29) is 11.7 Å². The molecule has 2 aliphatic carbocycles. The van der Waals surface area contributed by atoms with E-state index in [0.29, 0.717) is 23.9 Å². The molecule has 2 aliphatic heterocycles. The third-order valence-corrected chi connectivity index (χ3v) is 9.22. The average Bonchev–Trinajstić information content (AvgIpc) is 3.17. The Morgan fingerprint density at radius 1 is 1.41 bits per heavy atom. The Hall–Kier alpha value is -2.07. The Morgan fingerprint density at radius 2 is 2.22 bits per heavy atom. The van der Waals surface area contributed by atoms with E-state index in [9.17, 15) is 23.5 Å². The van der Waals surface area contributed by atoms with E-state index in [0.717, 1.165) is 0 Å². The van der Waals surface area contributed by atoms with Gasteiger partial charge in [0.2, 0.25) is 0 Å². The molecule has 0 amide bonds. The maximum atomic E-state index is 15.0. The zero-order chi connectivity index (χ0) is 26.1. The summed E-state index contributed by atoms with van der Waals surface area (Å²) in [7, 11) is -8.15. The van der Waals surface area contributed by atoms with Crippen molar-refractivity contribution in [3.8, 4) is 0 Å². The zero-order valence-electron chi connectivity index (χ0n) is 18.9. The molecule has 2 aromatic rings. The molecule has 0 aromatic carbocycles. The van der Waals surface area contributed by atoms with Crippen LogP contribution in [0.1, 0.15) is 12.5 Å². The first-order valence-corrected chi connectivity index (χ1v) is 14.0. The number of halogens is 1. The highest BCUT2D eigenvalue weighted by Gasteiger charge is 2.73. The van der Waals surface area contributed by atoms with Gasteiger partial charge < -0.3 is 39.4 Å². The summed E-state index contributed by atoms with van der Waals surface area (Å²) >= 11 is 0. The number of nitrogens with one attached hydrogen (secondary N) is 2. The third kappa shape index (κ3) is 4.09. The molecule has 16 nitrogen and oxygen atoms in total. The van der Waals surface area contributed by atoms with E-state index in [1.807, 2.05) is 0 Å². The first-order chi connectivity index (χ1) is 17.6. The Balaban J connectivity index is 1.32. The molecule has 1 spiro atoms. The monoisotopic (exact) mass is 563 g/mol. The van der Waals surface area contributed by atoms with Crippen LogP contribution in [-0.4, -0.2) is 85.9 Å². The number of nitrogen functional groups attached to an aromatic ring is 1. The summed E-state index contributed by atoms with van der Waals surface area (Å²) < 4.78 is 68.8. The van der Waals surface area contributed by atoms with E-state index < -0.39 is 77.6 Å². The van der Waals surface area contributed by atoms with Crippen molar-refractivity contribution in [2.45, 2.75) is 49.3 Å². The summed E-state index contributed by atoms with van der Waals surface area (Å²) in [4.78, 5) is 22.8. The highest BCUT2D eigenvalue weighted by atomic mass is 31.2. The maximum Gasteiger partial charge on any atom is 0.472 e. The number of aliphatic hydroxyl groups excluding tert-OH is 1. The first-order valence-electron chi connectivity index (χ1n) is 11.3. The van der Waals surface area contributed by atoms with Gasteiger partial charge in [0.15, 0.2) is 23.9 Å². The number of imidazole rings is 1. The van der Waals surface area contributed by atoms with Gasteiger partial charge in [0.05, 0.1) is 31.9 Å². The largest absolute Gasteiger partial charge is 0.472 e. The number of phosphoric ester groups is 1. The van der Waals surface area contributed by atoms with E-state index in [4.69, 9.17) is 34.0 Å². The number of ether oxygens (including phenoxy) is 1. The molecule has 2 bridgehead atoms. The average molecular weight is 563 g/mol. The lowest BCUT2D eigenvalue weighted by Crippen LogP contribution is -2.40. The van der Waals surface area contributed by atoms with Gasteiger partial charge in [0.25, 0.3) is 0 Å². The van der Waals surface area contributed by atoms with Crippen LogP contribution in [-0.2, 0) is 32.0 Å². The molecule has 202 valence electrons. The molecule has 37 heavy (non-hydrogen) atoms. The predicted molar refractivity (Wildman–Crippen MR) is 121 cm³/mol. The van der Waals surface area contributed by atoms with Crippen LogP contribution < -0.4 is 11.1 Å². The number of nitrogens with zero attached hydrogens (tertiary/aromatic N) is 4. The van der Waals surface area contributed by atoms with Gasteiger partial charge in [-0.3, -0.25) is 19.0 Å². The molecule has 0 radical (unpaired) electrons. The van der Waals surface area contributed by atoms with E-state index in [2.05, 4.69) is 20.3 Å². The maximum absolute atomic E-state index is 15.0. The molecule has 11 atom stereocenters. The fourth-order valence-corrected chi connectivity index (χ4v) is 7.58. The molecule has 4 heterocycles. The standard InChI is InChI=1S/C18H24FN7O9P2/c19-9-8-2-31-36(28)34-14-12(27)11(26-6-25-10-15(21)23-5-24-16(10)26)7-1-18(7,14)3-32-37(29,30)35-13(9)17(33-8)22-4-20/h4-9,11-14,17,27,36H,1-3H2,(H2,20,22)(H,29,30)(H2,21,23,24)/t7-,8-,9-,11-,12+,13-,14+,17-,18?/m1/s1. The number of aromatic nitrogens is 4. The molecule has 2 aromatic heterocycles. The van der Waals surface area contributed by atoms with Gasteiger partial charge in [-0.25, -0.2) is 23.9 Å². The Labute approximate surface area is 208 Å². The van der Waals surface area contributed by atoms with Crippen molar-refractivity contribution in [1.29, 1.82) is 5.41 Å². The molecule has 2 saturated carbocycles. The predicted octanol–water partition coefficient (Wildman–Crippen LogP) is -0.103. The second kappa shape index (κ2) is 9.00. The Morgan fingerprint density at radius 3 is 3.00 bits per heavy atom. The molecule has 3 unspecified atom stereocenters. The minimum absolute atomic E-state index is 0.152. The molecule has 19 heteroatoms. The van der Waals surface area contributed by atoms with Crippen LogP contribution in [0.3, 0.4) is 0 Å². The molecule has 6 N–H and O–H groups in total. The van der Waals surface area contributed by atoms with E-state index >= 15 is 0 Å². The van der Waals surface area contributed by atoms with Crippen molar-refractivity contribution in [1.82, 2.24) is 24.8 Å². The number of hydrogen-bond acceptors (Lipinski definition) is 13. The normalized spacial score (nSPS) is 45.8. The van der Waals surface area contributed by atoms with Gasteiger partial charge in [0.1, 0.15) is 36.3 Å². The molecule has 4 aliphatic rings. The van der Waals surface area contributed by atoms with Crippen molar-refractivity contribution in [2.75, 3.05) is 18.9 Å². The number of rotatable bonds is 3. The van der Waals surface area contributed by atoms with Crippen LogP contribution in [0.4, 0.5) is 10.2 Å². The van der Waals surface area contributed by atoms with Crippen LogP contribution in [0, 0.1) is 16.7 Å². The van der Waals surface area contributed by atoms with Gasteiger partial charge in [0, 0.05) is 5.41 Å². The van der Waals surface area contributed by atoms with E-state index in [1.54, 1.807) is 4.57 Å². The van der Waals surface area contributed by atoms with Crippen LogP contribution >= 0.6 is 16.1 Å². The Kier molecular flexibility index (Phi) is 6.14. The summed E-state index contributed by atoms with van der Waals surface area (Å²) in [6.45, 7) is -0.962. The summed E-state index contributed by atoms with van der Waals surface area (Å²) in [5.41, 5.74) is 5.54. The number of fused-ring (bicyclic) bond motifs is 3. The molecular weight excluding hydrogens is 539 g/mol. The third-order valence-electron chi connectivity index (χ3n) is 7.40. The number of nitrogens with two attached hydrogens (primary N) is 1. The summed E-state index contributed by atoms with van der Waals surface area (Å²) in [5.74, 6) is -0.207. The second-order valence-corrected chi connectivity index (χ2v) is 11.8. The molecule has 2 saturated heterocycles. The first kappa shape index (κ1) is 25.2. The molecule has 4 fully saturated rings. The van der Waals surface area contributed by atoms with Crippen LogP contribution in [0.5, 0.6) is 0 Å². The zero-order valence-corrected chi connectivity index (χ0v) is 20.8. The summed E-state index contributed by atoms with van der Waals surface area (Å²) in [6.07, 6.45) is -4.83. The lowest BCUT2D eigenvalue weighted by molar-refractivity contribution is -0.0393. The van der Waals surface area contributed by atoms with Crippen molar-refractivity contribution in [3.05, 3.63) is 12.7 Å². The van der Waals surface area contributed by atoms with Crippen molar-refractivity contribution in [2.24, 2.45) is 11.3 Å². The van der Waals surface area contributed by atoms with Gasteiger partial charge in [-0.05, 0) is 12.3 Å². The van der Waals surface area contributed by atoms with Gasteiger partial charge >= 0.3 is 16.1 Å². The minimum Gasteiger partial charge on any atom is -0.388 e. The number of anilines is 1. The summed E-state index contributed by atoms with van der Waals surface area (Å²) in [5, 5.41) is 20.8. The van der Waals surface area contributed by atoms with Crippen LogP contribution in [0.25, 0.3) is 11.2 Å². The highest BCUT2D eigenvalue weighted by Crippen LogP contribution is 2.71.